The highest BCUT2D eigenvalue weighted by molar-refractivity contribution is 6.07. The molecule has 6 heteroatoms. The summed E-state index contributed by atoms with van der Waals surface area (Å²) in [6.07, 6.45) is 4.85. The molecule has 6 nitrogen and oxygen atoms in total. The van der Waals surface area contributed by atoms with Gasteiger partial charge < -0.3 is 14.2 Å². The maximum Gasteiger partial charge on any atom is 0.316 e. The fourth-order valence-corrected chi connectivity index (χ4v) is 4.06. The third-order valence-electron chi connectivity index (χ3n) is 7.82. The van der Waals surface area contributed by atoms with Crippen molar-refractivity contribution in [2.24, 2.45) is 10.8 Å². The Labute approximate surface area is 252 Å². The number of methoxy groups -OCH3 is 1. The molecule has 2 aromatic rings. The fourth-order valence-electron chi connectivity index (χ4n) is 4.06. The first-order valence-electron chi connectivity index (χ1n) is 14.7. The van der Waals surface area contributed by atoms with Crippen LogP contribution in [0.5, 0.6) is 17.2 Å². The highest BCUT2D eigenvalue weighted by atomic mass is 16.5. The van der Waals surface area contributed by atoms with Crippen LogP contribution in [0.4, 0.5) is 0 Å². The Hall–Kier alpha value is -3.41. The molecule has 0 aliphatic carbocycles. The molecule has 0 saturated heterocycles. The van der Waals surface area contributed by atoms with Crippen LogP contribution in [0.2, 0.25) is 0 Å². The van der Waals surface area contributed by atoms with Crippen molar-refractivity contribution in [3.63, 3.8) is 0 Å². The Morgan fingerprint density at radius 3 is 1.67 bits per heavy atom. The molecule has 2 aromatic carbocycles. The molecule has 0 radical (unpaired) electrons. The van der Waals surface area contributed by atoms with E-state index in [-0.39, 0.29) is 23.1 Å². The predicted molar refractivity (Wildman–Crippen MR) is 170 cm³/mol. The van der Waals surface area contributed by atoms with E-state index in [0.717, 1.165) is 29.5 Å². The van der Waals surface area contributed by atoms with Gasteiger partial charge in [-0.05, 0) is 108 Å². The third-order valence-corrected chi connectivity index (χ3v) is 7.82. The average molecular weight is 579 g/mol. The second-order valence-corrected chi connectivity index (χ2v) is 14.2. The zero-order chi connectivity index (χ0) is 32.3. The van der Waals surface area contributed by atoms with Gasteiger partial charge in [0, 0.05) is 22.3 Å². The third kappa shape index (κ3) is 8.11. The Bertz CT molecular complexity index is 1330. The van der Waals surface area contributed by atoms with Crippen molar-refractivity contribution in [2.75, 3.05) is 7.11 Å². The van der Waals surface area contributed by atoms with E-state index in [4.69, 9.17) is 14.2 Å². The van der Waals surface area contributed by atoms with E-state index < -0.39 is 16.2 Å². The van der Waals surface area contributed by atoms with Gasteiger partial charge in [-0.2, -0.15) is 0 Å². The zero-order valence-electron chi connectivity index (χ0n) is 27.9. The molecule has 42 heavy (non-hydrogen) atoms. The number of ether oxygens (including phenoxy) is 3. The summed E-state index contributed by atoms with van der Waals surface area (Å²) in [5.41, 5.74) is 0.827. The number of allylic oxidation sites excluding steroid dienone is 1. The molecular weight excluding hydrogens is 528 g/mol. The second kappa shape index (κ2) is 12.8. The van der Waals surface area contributed by atoms with Gasteiger partial charge in [-0.15, -0.1) is 0 Å². The second-order valence-electron chi connectivity index (χ2n) is 14.2. The first-order valence-corrected chi connectivity index (χ1v) is 14.7. The molecule has 0 heterocycles. The van der Waals surface area contributed by atoms with Gasteiger partial charge in [-0.3, -0.25) is 14.4 Å². The Morgan fingerprint density at radius 2 is 1.21 bits per heavy atom. The van der Waals surface area contributed by atoms with Crippen LogP contribution in [0.25, 0.3) is 6.08 Å². The zero-order valence-corrected chi connectivity index (χ0v) is 27.9. The van der Waals surface area contributed by atoms with Crippen molar-refractivity contribution in [3.05, 3.63) is 58.7 Å². The van der Waals surface area contributed by atoms with Crippen LogP contribution >= 0.6 is 0 Å². The largest absolute Gasteiger partial charge is 0.496 e. The summed E-state index contributed by atoms with van der Waals surface area (Å²) in [5, 5.41) is 0. The number of hydrogen-bond donors (Lipinski definition) is 0. The summed E-state index contributed by atoms with van der Waals surface area (Å²) in [7, 11) is 1.60. The molecule has 0 saturated carbocycles. The molecule has 230 valence electrons. The standard InChI is InChI=1S/C36H50O6/c1-14-35(9,10)26-22-24(18-21-27(37)23-16-19-25(20-17-23)41-31(38)33(3,4)5)29(40-13)28(36(11,12)15-2)30(26)42-32(39)34(6,7)8/h16-22H,14-15H2,1-13H3. The molecule has 0 atom stereocenters. The molecule has 0 spiro atoms. The number of esters is 2. The van der Waals surface area contributed by atoms with Crippen molar-refractivity contribution in [2.45, 2.75) is 107 Å². The number of hydrogen-bond acceptors (Lipinski definition) is 6. The Morgan fingerprint density at radius 1 is 0.714 bits per heavy atom. The lowest BCUT2D eigenvalue weighted by Gasteiger charge is -2.35. The molecule has 2 rings (SSSR count). The van der Waals surface area contributed by atoms with Gasteiger partial charge in [0.2, 0.25) is 0 Å². The highest BCUT2D eigenvalue weighted by Crippen LogP contribution is 2.49. The van der Waals surface area contributed by atoms with Crippen LogP contribution < -0.4 is 14.2 Å². The van der Waals surface area contributed by atoms with E-state index in [9.17, 15) is 14.4 Å². The van der Waals surface area contributed by atoms with Gasteiger partial charge in [0.1, 0.15) is 17.2 Å². The number of carbonyl (C=O) groups excluding carboxylic acids is 3. The van der Waals surface area contributed by atoms with Crippen LogP contribution in [0.15, 0.2) is 36.4 Å². The smallest absolute Gasteiger partial charge is 0.316 e. The number of rotatable bonds is 10. The summed E-state index contributed by atoms with van der Waals surface area (Å²) >= 11 is 0. The quantitative estimate of drug-likeness (QED) is 0.121. The SMILES string of the molecule is CCC(C)(C)c1cc(C=CC(=O)c2ccc(OC(=O)C(C)(C)C)cc2)c(OC)c(C(C)(C)CC)c1OC(=O)C(C)(C)C. The van der Waals surface area contributed by atoms with E-state index >= 15 is 0 Å². The van der Waals surface area contributed by atoms with Gasteiger partial charge in [-0.25, -0.2) is 0 Å². The van der Waals surface area contributed by atoms with E-state index in [1.807, 2.05) is 26.8 Å². The fraction of sp³-hybridized carbons (Fsp3) is 0.528. The van der Waals surface area contributed by atoms with Gasteiger partial charge >= 0.3 is 11.9 Å². The predicted octanol–water partition coefficient (Wildman–Crippen LogP) is 8.87. The summed E-state index contributed by atoms with van der Waals surface area (Å²) in [5.74, 6) is 0.622. The summed E-state index contributed by atoms with van der Waals surface area (Å²) in [4.78, 5) is 38.6. The highest BCUT2D eigenvalue weighted by Gasteiger charge is 2.37. The lowest BCUT2D eigenvalue weighted by Crippen LogP contribution is -2.30. The lowest BCUT2D eigenvalue weighted by molar-refractivity contribution is -0.143. The number of benzene rings is 2. The van der Waals surface area contributed by atoms with E-state index in [2.05, 4.69) is 41.5 Å². The normalized spacial score (nSPS) is 12.8. The van der Waals surface area contributed by atoms with E-state index in [1.165, 1.54) is 6.08 Å². The van der Waals surface area contributed by atoms with Crippen molar-refractivity contribution in [3.8, 4) is 17.2 Å². The molecule has 0 aliphatic rings. The van der Waals surface area contributed by atoms with Crippen LogP contribution in [-0.2, 0) is 20.4 Å². The average Bonchev–Trinajstić information content (AvgIpc) is 2.90. The maximum atomic E-state index is 13.2. The Balaban J connectivity index is 2.67. The minimum absolute atomic E-state index is 0.207. The molecule has 0 bridgehead atoms. The molecular formula is C36H50O6. The minimum Gasteiger partial charge on any atom is -0.496 e. The van der Waals surface area contributed by atoms with Crippen molar-refractivity contribution >= 4 is 23.8 Å². The van der Waals surface area contributed by atoms with Gasteiger partial charge in [0.25, 0.3) is 0 Å². The first kappa shape index (κ1) is 34.8. The van der Waals surface area contributed by atoms with Crippen molar-refractivity contribution in [1.29, 1.82) is 0 Å². The van der Waals surface area contributed by atoms with Crippen LogP contribution in [0.1, 0.15) is 123 Å². The van der Waals surface area contributed by atoms with Gasteiger partial charge in [-0.1, -0.05) is 41.5 Å². The van der Waals surface area contributed by atoms with Crippen molar-refractivity contribution < 1.29 is 28.6 Å². The van der Waals surface area contributed by atoms with Crippen LogP contribution in [0, 0.1) is 10.8 Å². The summed E-state index contributed by atoms with van der Waals surface area (Å²) in [6.45, 7) is 23.5. The van der Waals surface area contributed by atoms with Crippen LogP contribution in [0.3, 0.4) is 0 Å². The molecule has 0 unspecified atom stereocenters. The van der Waals surface area contributed by atoms with Crippen molar-refractivity contribution in [1.82, 2.24) is 0 Å². The molecule has 0 aromatic heterocycles. The maximum absolute atomic E-state index is 13.2. The first-order chi connectivity index (χ1) is 19.2. The number of ketones is 1. The Kier molecular flexibility index (Phi) is 10.6. The van der Waals surface area contributed by atoms with Crippen LogP contribution in [-0.4, -0.2) is 24.8 Å². The molecule has 0 fully saturated rings. The van der Waals surface area contributed by atoms with E-state index in [1.54, 1.807) is 58.2 Å². The lowest BCUT2D eigenvalue weighted by atomic mass is 9.74. The van der Waals surface area contributed by atoms with Gasteiger partial charge in [0.05, 0.1) is 17.9 Å². The van der Waals surface area contributed by atoms with E-state index in [0.29, 0.717) is 22.8 Å². The molecule has 0 N–H and O–H groups in total. The van der Waals surface area contributed by atoms with Gasteiger partial charge in [0.15, 0.2) is 5.78 Å². The number of carbonyl (C=O) groups is 3. The summed E-state index contributed by atoms with van der Waals surface area (Å²) < 4.78 is 17.6. The summed E-state index contributed by atoms with van der Waals surface area (Å²) in [6, 6.07) is 8.49. The topological polar surface area (TPSA) is 78.9 Å². The monoisotopic (exact) mass is 578 g/mol. The molecule has 0 aliphatic heterocycles. The minimum atomic E-state index is -0.694. The molecule has 0 amide bonds.